The van der Waals surface area contributed by atoms with Crippen LogP contribution in [0, 0.1) is 0 Å². The zero-order chi connectivity index (χ0) is 13.8. The molecule has 0 heterocycles. The number of ether oxygens (including phenoxy) is 1. The molecule has 0 saturated heterocycles. The summed E-state index contributed by atoms with van der Waals surface area (Å²) in [7, 11) is 0. The molecule has 0 aliphatic rings. The Labute approximate surface area is 114 Å². The molecule has 1 aromatic rings. The standard InChI is InChI=1S/C14H23N3O2/c15-8-4-9-16-10-5-11-17-14(18)19-12-13-6-2-1-3-7-13/h1-3,6-7,16H,4-5,8-12,15H2,(H,17,18). The van der Waals surface area contributed by atoms with Crippen LogP contribution in [0.15, 0.2) is 30.3 Å². The lowest BCUT2D eigenvalue weighted by atomic mass is 10.2. The lowest BCUT2D eigenvalue weighted by Gasteiger charge is -2.07. The van der Waals surface area contributed by atoms with Crippen LogP contribution in [-0.2, 0) is 11.3 Å². The minimum absolute atomic E-state index is 0.307. The summed E-state index contributed by atoms with van der Waals surface area (Å²) >= 11 is 0. The zero-order valence-electron chi connectivity index (χ0n) is 11.2. The molecule has 0 fully saturated rings. The predicted molar refractivity (Wildman–Crippen MR) is 75.8 cm³/mol. The van der Waals surface area contributed by atoms with Crippen LogP contribution in [0.1, 0.15) is 18.4 Å². The number of benzene rings is 1. The molecule has 1 rings (SSSR count). The van der Waals surface area contributed by atoms with E-state index < -0.39 is 0 Å². The molecule has 0 radical (unpaired) electrons. The van der Waals surface area contributed by atoms with Crippen LogP contribution < -0.4 is 16.4 Å². The van der Waals surface area contributed by atoms with Crippen LogP contribution in [0.4, 0.5) is 4.79 Å². The molecule has 0 aliphatic carbocycles. The molecule has 0 aliphatic heterocycles. The summed E-state index contributed by atoms with van der Waals surface area (Å²) in [5, 5.41) is 5.96. The highest BCUT2D eigenvalue weighted by Crippen LogP contribution is 2.00. The molecule has 0 spiro atoms. The second-order valence-electron chi connectivity index (χ2n) is 4.23. The summed E-state index contributed by atoms with van der Waals surface area (Å²) < 4.78 is 5.09. The largest absolute Gasteiger partial charge is 0.445 e. The van der Waals surface area contributed by atoms with Gasteiger partial charge < -0.3 is 21.1 Å². The molecule has 106 valence electrons. The van der Waals surface area contributed by atoms with Gasteiger partial charge in [0.05, 0.1) is 0 Å². The number of hydrogen-bond acceptors (Lipinski definition) is 4. The van der Waals surface area contributed by atoms with Crippen molar-refractivity contribution in [3.8, 4) is 0 Å². The third kappa shape index (κ3) is 8.18. The molecule has 0 saturated carbocycles. The Bertz CT molecular complexity index is 344. The van der Waals surface area contributed by atoms with Crippen molar-refractivity contribution in [2.24, 2.45) is 5.73 Å². The van der Waals surface area contributed by atoms with Crippen molar-refractivity contribution >= 4 is 6.09 Å². The first-order valence-electron chi connectivity index (χ1n) is 6.68. The van der Waals surface area contributed by atoms with Crippen LogP contribution in [0.25, 0.3) is 0 Å². The Hall–Kier alpha value is -1.59. The van der Waals surface area contributed by atoms with Gasteiger partial charge in [0.1, 0.15) is 6.61 Å². The topological polar surface area (TPSA) is 76.4 Å². The van der Waals surface area contributed by atoms with Gasteiger partial charge in [-0.15, -0.1) is 0 Å². The number of nitrogens with one attached hydrogen (secondary N) is 2. The van der Waals surface area contributed by atoms with E-state index >= 15 is 0 Å². The molecule has 0 atom stereocenters. The molecule has 1 amide bonds. The average Bonchev–Trinajstić information content (AvgIpc) is 2.45. The van der Waals surface area contributed by atoms with E-state index in [0.717, 1.165) is 31.5 Å². The second-order valence-corrected chi connectivity index (χ2v) is 4.23. The summed E-state index contributed by atoms with van der Waals surface area (Å²) in [6.07, 6.45) is 1.49. The molecular formula is C14H23N3O2. The highest BCUT2D eigenvalue weighted by atomic mass is 16.5. The summed E-state index contributed by atoms with van der Waals surface area (Å²) in [6, 6.07) is 9.62. The number of hydrogen-bond donors (Lipinski definition) is 3. The van der Waals surface area contributed by atoms with Crippen molar-refractivity contribution in [1.29, 1.82) is 0 Å². The number of rotatable bonds is 9. The third-order valence-electron chi connectivity index (χ3n) is 2.57. The average molecular weight is 265 g/mol. The Morgan fingerprint density at radius 1 is 1.11 bits per heavy atom. The van der Waals surface area contributed by atoms with Crippen molar-refractivity contribution < 1.29 is 9.53 Å². The molecule has 1 aromatic carbocycles. The summed E-state index contributed by atoms with van der Waals surface area (Å²) in [6.45, 7) is 3.43. The van der Waals surface area contributed by atoms with E-state index in [4.69, 9.17) is 10.5 Å². The van der Waals surface area contributed by atoms with E-state index in [1.54, 1.807) is 0 Å². The molecule has 5 heteroatoms. The van der Waals surface area contributed by atoms with Gasteiger partial charge in [-0.05, 0) is 38.0 Å². The highest BCUT2D eigenvalue weighted by molar-refractivity contribution is 5.67. The molecule has 19 heavy (non-hydrogen) atoms. The van der Waals surface area contributed by atoms with Crippen molar-refractivity contribution in [2.45, 2.75) is 19.4 Å². The summed E-state index contributed by atoms with van der Waals surface area (Å²) in [5.74, 6) is 0. The van der Waals surface area contributed by atoms with Crippen LogP contribution in [-0.4, -0.2) is 32.3 Å². The van der Waals surface area contributed by atoms with Crippen LogP contribution in [0.5, 0.6) is 0 Å². The van der Waals surface area contributed by atoms with E-state index in [0.29, 0.717) is 19.7 Å². The Kier molecular flexibility index (Phi) is 8.42. The van der Waals surface area contributed by atoms with Crippen molar-refractivity contribution in [2.75, 3.05) is 26.2 Å². The highest BCUT2D eigenvalue weighted by Gasteiger charge is 2.01. The smallest absolute Gasteiger partial charge is 0.407 e. The molecule has 0 unspecified atom stereocenters. The molecule has 5 nitrogen and oxygen atoms in total. The second kappa shape index (κ2) is 10.3. The number of amides is 1. The lowest BCUT2D eigenvalue weighted by molar-refractivity contribution is 0.139. The summed E-state index contributed by atoms with van der Waals surface area (Å²) in [4.78, 5) is 11.4. The Morgan fingerprint density at radius 3 is 2.58 bits per heavy atom. The quantitative estimate of drug-likeness (QED) is 0.587. The molecule has 4 N–H and O–H groups in total. The van der Waals surface area contributed by atoms with Gasteiger partial charge in [-0.25, -0.2) is 4.79 Å². The van der Waals surface area contributed by atoms with E-state index in [2.05, 4.69) is 10.6 Å². The van der Waals surface area contributed by atoms with E-state index in [9.17, 15) is 4.79 Å². The van der Waals surface area contributed by atoms with E-state index in [-0.39, 0.29) is 6.09 Å². The molecular weight excluding hydrogens is 242 g/mol. The third-order valence-corrected chi connectivity index (χ3v) is 2.57. The number of carbonyl (C=O) groups excluding carboxylic acids is 1. The number of alkyl carbamates (subject to hydrolysis) is 1. The SMILES string of the molecule is NCCCNCCCNC(=O)OCc1ccccc1. The van der Waals surface area contributed by atoms with Gasteiger partial charge in [-0.1, -0.05) is 30.3 Å². The maximum atomic E-state index is 11.4. The van der Waals surface area contributed by atoms with Crippen LogP contribution >= 0.6 is 0 Å². The van der Waals surface area contributed by atoms with Crippen LogP contribution in [0.3, 0.4) is 0 Å². The van der Waals surface area contributed by atoms with Gasteiger partial charge in [0.2, 0.25) is 0 Å². The maximum absolute atomic E-state index is 11.4. The lowest BCUT2D eigenvalue weighted by Crippen LogP contribution is -2.28. The summed E-state index contributed by atoms with van der Waals surface area (Å²) in [5.41, 5.74) is 6.36. The zero-order valence-corrected chi connectivity index (χ0v) is 11.2. The predicted octanol–water partition coefficient (Wildman–Crippen LogP) is 1.24. The van der Waals surface area contributed by atoms with Gasteiger partial charge in [-0.2, -0.15) is 0 Å². The fourth-order valence-corrected chi connectivity index (χ4v) is 1.53. The van der Waals surface area contributed by atoms with Gasteiger partial charge in [0.25, 0.3) is 0 Å². The van der Waals surface area contributed by atoms with E-state index in [1.807, 2.05) is 30.3 Å². The minimum Gasteiger partial charge on any atom is -0.445 e. The molecule has 0 bridgehead atoms. The van der Waals surface area contributed by atoms with Gasteiger partial charge in [0.15, 0.2) is 0 Å². The molecule has 0 aromatic heterocycles. The first-order valence-corrected chi connectivity index (χ1v) is 6.68. The fraction of sp³-hybridized carbons (Fsp3) is 0.500. The van der Waals surface area contributed by atoms with Gasteiger partial charge >= 0.3 is 6.09 Å². The fourth-order valence-electron chi connectivity index (χ4n) is 1.53. The van der Waals surface area contributed by atoms with Gasteiger partial charge in [0, 0.05) is 6.54 Å². The van der Waals surface area contributed by atoms with E-state index in [1.165, 1.54) is 0 Å². The van der Waals surface area contributed by atoms with Crippen LogP contribution in [0.2, 0.25) is 0 Å². The Morgan fingerprint density at radius 2 is 1.84 bits per heavy atom. The first-order chi connectivity index (χ1) is 9.33. The minimum atomic E-state index is -0.370. The van der Waals surface area contributed by atoms with Crippen molar-refractivity contribution in [1.82, 2.24) is 10.6 Å². The van der Waals surface area contributed by atoms with Gasteiger partial charge in [-0.3, -0.25) is 0 Å². The normalized spacial score (nSPS) is 10.2. The monoisotopic (exact) mass is 265 g/mol. The number of nitrogens with two attached hydrogens (primary N) is 1. The number of carbonyl (C=O) groups is 1. The van der Waals surface area contributed by atoms with Crippen molar-refractivity contribution in [3.05, 3.63) is 35.9 Å². The first kappa shape index (κ1) is 15.5. The maximum Gasteiger partial charge on any atom is 0.407 e. The Balaban J connectivity index is 1.96. The van der Waals surface area contributed by atoms with Crippen molar-refractivity contribution in [3.63, 3.8) is 0 Å².